The Kier molecular flexibility index (Phi) is 4.55. The molecule has 2 aromatic carbocycles. The Morgan fingerprint density at radius 2 is 1.89 bits per heavy atom. The van der Waals surface area contributed by atoms with Gasteiger partial charge in [-0.1, -0.05) is 15.9 Å². The fourth-order valence-corrected chi connectivity index (χ4v) is 2.58. The molecule has 2 rings (SSSR count). The van der Waals surface area contributed by atoms with Crippen LogP contribution in [-0.4, -0.2) is 0 Å². The summed E-state index contributed by atoms with van der Waals surface area (Å²) in [4.78, 5) is 0. The lowest BCUT2D eigenvalue weighted by molar-refractivity contribution is 0.612. The molecular formula is C13H9BrF2IN. The molecule has 0 aromatic heterocycles. The lowest BCUT2D eigenvalue weighted by Gasteiger charge is -2.09. The average Bonchev–Trinajstić information content (AvgIpc) is 2.32. The highest BCUT2D eigenvalue weighted by atomic mass is 127. The largest absolute Gasteiger partial charge is 0.380 e. The fourth-order valence-electron chi connectivity index (χ4n) is 1.50. The van der Waals surface area contributed by atoms with E-state index in [2.05, 4.69) is 21.2 Å². The van der Waals surface area contributed by atoms with Crippen molar-refractivity contribution in [2.75, 3.05) is 5.32 Å². The highest BCUT2D eigenvalue weighted by molar-refractivity contribution is 14.1. The summed E-state index contributed by atoms with van der Waals surface area (Å²) in [5.41, 5.74) is 1.35. The molecule has 0 bridgehead atoms. The van der Waals surface area contributed by atoms with E-state index in [0.29, 0.717) is 12.1 Å². The third-order valence-corrected chi connectivity index (χ3v) is 3.79. The van der Waals surface area contributed by atoms with E-state index in [0.717, 1.165) is 13.7 Å². The van der Waals surface area contributed by atoms with Gasteiger partial charge in [0, 0.05) is 25.8 Å². The van der Waals surface area contributed by atoms with Crippen LogP contribution in [0.4, 0.5) is 14.5 Å². The molecule has 0 amide bonds. The molecule has 2 aromatic rings. The van der Waals surface area contributed by atoms with Gasteiger partial charge in [0.05, 0.1) is 0 Å². The lowest BCUT2D eigenvalue weighted by atomic mass is 10.2. The molecule has 0 aliphatic carbocycles. The van der Waals surface area contributed by atoms with Crippen molar-refractivity contribution in [2.45, 2.75) is 6.54 Å². The van der Waals surface area contributed by atoms with Gasteiger partial charge in [0.15, 0.2) is 0 Å². The number of nitrogens with one attached hydrogen (secondary N) is 1. The van der Waals surface area contributed by atoms with Crippen molar-refractivity contribution in [2.24, 2.45) is 0 Å². The van der Waals surface area contributed by atoms with Crippen LogP contribution in [0.15, 0.2) is 40.9 Å². The monoisotopic (exact) mass is 423 g/mol. The molecular weight excluding hydrogens is 415 g/mol. The maximum Gasteiger partial charge on any atom is 0.128 e. The zero-order valence-electron chi connectivity index (χ0n) is 9.18. The molecule has 0 saturated carbocycles. The van der Waals surface area contributed by atoms with E-state index < -0.39 is 0 Å². The Morgan fingerprint density at radius 1 is 1.11 bits per heavy atom. The number of anilines is 1. The smallest absolute Gasteiger partial charge is 0.128 e. The summed E-state index contributed by atoms with van der Waals surface area (Å²) < 4.78 is 28.0. The maximum atomic E-state index is 13.5. The predicted molar refractivity (Wildman–Crippen MR) is 80.5 cm³/mol. The minimum atomic E-state index is -0.279. The lowest BCUT2D eigenvalue weighted by Crippen LogP contribution is -2.03. The van der Waals surface area contributed by atoms with E-state index in [1.54, 1.807) is 18.2 Å². The summed E-state index contributed by atoms with van der Waals surface area (Å²) >= 11 is 5.34. The van der Waals surface area contributed by atoms with Crippen LogP contribution in [0.1, 0.15) is 5.56 Å². The topological polar surface area (TPSA) is 12.0 Å². The zero-order chi connectivity index (χ0) is 13.1. The van der Waals surface area contributed by atoms with Gasteiger partial charge < -0.3 is 5.32 Å². The van der Waals surface area contributed by atoms with Crippen molar-refractivity contribution in [3.8, 4) is 0 Å². The first-order valence-electron chi connectivity index (χ1n) is 5.19. The highest BCUT2D eigenvalue weighted by Gasteiger charge is 2.05. The molecule has 0 unspecified atom stereocenters. The molecule has 0 atom stereocenters. The Hall–Kier alpha value is -0.690. The van der Waals surface area contributed by atoms with Crippen LogP contribution >= 0.6 is 38.5 Å². The fraction of sp³-hybridized carbons (Fsp3) is 0.0769. The van der Waals surface area contributed by atoms with E-state index >= 15 is 0 Å². The maximum absolute atomic E-state index is 13.5. The second-order valence-electron chi connectivity index (χ2n) is 3.71. The van der Waals surface area contributed by atoms with Crippen LogP contribution in [-0.2, 0) is 6.54 Å². The minimum Gasteiger partial charge on any atom is -0.380 e. The second kappa shape index (κ2) is 5.97. The molecule has 5 heteroatoms. The van der Waals surface area contributed by atoms with Gasteiger partial charge in [-0.25, -0.2) is 8.78 Å². The van der Waals surface area contributed by atoms with Crippen LogP contribution in [0.25, 0.3) is 0 Å². The first-order chi connectivity index (χ1) is 8.56. The van der Waals surface area contributed by atoms with Gasteiger partial charge in [0.2, 0.25) is 0 Å². The van der Waals surface area contributed by atoms with Gasteiger partial charge in [0.25, 0.3) is 0 Å². The number of benzene rings is 2. The van der Waals surface area contributed by atoms with Crippen LogP contribution in [0.5, 0.6) is 0 Å². The Morgan fingerprint density at radius 3 is 2.61 bits per heavy atom. The Balaban J connectivity index is 2.13. The molecule has 1 N–H and O–H groups in total. The SMILES string of the molecule is Fc1ccc(NCc2cc(Br)ccc2F)c(I)c1. The van der Waals surface area contributed by atoms with E-state index in [1.165, 1.54) is 18.2 Å². The molecule has 0 radical (unpaired) electrons. The Bertz CT molecular complexity index is 575. The molecule has 18 heavy (non-hydrogen) atoms. The average molecular weight is 424 g/mol. The van der Waals surface area contributed by atoms with E-state index in [9.17, 15) is 8.78 Å². The van der Waals surface area contributed by atoms with E-state index in [1.807, 2.05) is 22.6 Å². The molecule has 0 fully saturated rings. The summed E-state index contributed by atoms with van der Waals surface area (Å²) in [7, 11) is 0. The molecule has 0 heterocycles. The minimum absolute atomic E-state index is 0.261. The predicted octanol–water partition coefficient (Wildman–Crippen LogP) is 4.94. The summed E-state index contributed by atoms with van der Waals surface area (Å²) in [6.45, 7) is 0.354. The summed E-state index contributed by atoms with van der Waals surface area (Å²) in [6.07, 6.45) is 0. The van der Waals surface area contributed by atoms with E-state index in [4.69, 9.17) is 0 Å². The van der Waals surface area contributed by atoms with Crippen LogP contribution in [0.2, 0.25) is 0 Å². The summed E-state index contributed by atoms with van der Waals surface area (Å²) in [6, 6.07) is 9.24. The molecule has 0 aliphatic rings. The number of hydrogen-bond acceptors (Lipinski definition) is 1. The highest BCUT2D eigenvalue weighted by Crippen LogP contribution is 2.21. The number of halogens is 4. The van der Waals surface area contributed by atoms with Crippen molar-refractivity contribution >= 4 is 44.2 Å². The molecule has 0 aliphatic heterocycles. The van der Waals surface area contributed by atoms with Crippen molar-refractivity contribution < 1.29 is 8.78 Å². The number of rotatable bonds is 3. The van der Waals surface area contributed by atoms with Crippen molar-refractivity contribution in [3.63, 3.8) is 0 Å². The molecule has 1 nitrogen and oxygen atoms in total. The molecule has 0 saturated heterocycles. The first-order valence-corrected chi connectivity index (χ1v) is 7.06. The zero-order valence-corrected chi connectivity index (χ0v) is 12.9. The Labute approximate surface area is 126 Å². The van der Waals surface area contributed by atoms with Gasteiger partial charge in [-0.2, -0.15) is 0 Å². The van der Waals surface area contributed by atoms with Crippen LogP contribution < -0.4 is 5.32 Å². The third kappa shape index (κ3) is 3.41. The van der Waals surface area contributed by atoms with E-state index in [-0.39, 0.29) is 11.6 Å². The van der Waals surface area contributed by atoms with Gasteiger partial charge in [0.1, 0.15) is 11.6 Å². The van der Waals surface area contributed by atoms with Gasteiger partial charge in [-0.05, 0) is 59.0 Å². The number of hydrogen-bond donors (Lipinski definition) is 1. The van der Waals surface area contributed by atoms with Crippen molar-refractivity contribution in [1.82, 2.24) is 0 Å². The van der Waals surface area contributed by atoms with Gasteiger partial charge in [-0.3, -0.25) is 0 Å². The normalized spacial score (nSPS) is 10.4. The standard InChI is InChI=1S/C13H9BrF2IN/c14-9-1-3-11(16)8(5-9)7-18-13-4-2-10(15)6-12(13)17/h1-6,18H,7H2. The summed E-state index contributed by atoms with van der Waals surface area (Å²) in [5, 5.41) is 3.09. The van der Waals surface area contributed by atoms with Crippen LogP contribution in [0.3, 0.4) is 0 Å². The molecule has 0 spiro atoms. The van der Waals surface area contributed by atoms with Gasteiger partial charge >= 0.3 is 0 Å². The van der Waals surface area contributed by atoms with Crippen LogP contribution in [0, 0.1) is 15.2 Å². The van der Waals surface area contributed by atoms with Gasteiger partial charge in [-0.15, -0.1) is 0 Å². The third-order valence-electron chi connectivity index (χ3n) is 2.41. The summed E-state index contributed by atoms with van der Waals surface area (Å²) in [5.74, 6) is -0.540. The van der Waals surface area contributed by atoms with Crippen molar-refractivity contribution in [3.05, 3.63) is 61.6 Å². The van der Waals surface area contributed by atoms with Crippen molar-refractivity contribution in [1.29, 1.82) is 0 Å². The second-order valence-corrected chi connectivity index (χ2v) is 5.79. The quantitative estimate of drug-likeness (QED) is 0.689. The molecule has 94 valence electrons. The first kappa shape index (κ1) is 13.7.